The van der Waals surface area contributed by atoms with Crippen LogP contribution in [0.25, 0.3) is 6.08 Å². The Hall–Kier alpha value is -3.99. The number of esters is 2. The lowest BCUT2D eigenvalue weighted by molar-refractivity contribution is -0.133. The lowest BCUT2D eigenvalue weighted by Gasteiger charge is -2.07. The second kappa shape index (κ2) is 9.01. The van der Waals surface area contributed by atoms with Crippen LogP contribution in [-0.4, -0.2) is 17.8 Å². The third kappa shape index (κ3) is 4.89. The first-order valence-corrected chi connectivity index (χ1v) is 9.56. The standard InChI is InChI=1S/C25H19NO4/c27-24(16-19-11-5-2-6-12-19)29-22-14-8-7-13-20(22)17-21-25(28)30-23(26-21)15-18-9-3-1-4-10-18/h1-14,17H,15-16H2/b21-17+. The van der Waals surface area contributed by atoms with Gasteiger partial charge in [-0.05, 0) is 23.3 Å². The lowest BCUT2D eigenvalue weighted by Crippen LogP contribution is -2.12. The fraction of sp³-hybridized carbons (Fsp3) is 0.0800. The fourth-order valence-electron chi connectivity index (χ4n) is 3.06. The Balaban J connectivity index is 1.51. The molecule has 0 fully saturated rings. The average Bonchev–Trinajstić information content (AvgIpc) is 3.09. The minimum atomic E-state index is -0.522. The smallest absolute Gasteiger partial charge is 0.363 e. The van der Waals surface area contributed by atoms with Crippen molar-refractivity contribution in [3.8, 4) is 5.75 Å². The molecule has 3 aromatic carbocycles. The van der Waals surface area contributed by atoms with Crippen LogP contribution in [0.2, 0.25) is 0 Å². The molecule has 1 aliphatic heterocycles. The molecule has 0 aliphatic carbocycles. The summed E-state index contributed by atoms with van der Waals surface area (Å²) in [4.78, 5) is 28.9. The van der Waals surface area contributed by atoms with E-state index in [1.807, 2.05) is 60.7 Å². The number of ether oxygens (including phenoxy) is 2. The van der Waals surface area contributed by atoms with Crippen molar-refractivity contribution >= 4 is 23.9 Å². The maximum Gasteiger partial charge on any atom is 0.363 e. The molecule has 0 N–H and O–H groups in total. The molecule has 0 atom stereocenters. The third-order valence-electron chi connectivity index (χ3n) is 4.49. The summed E-state index contributed by atoms with van der Waals surface area (Å²) in [7, 11) is 0. The van der Waals surface area contributed by atoms with Crippen molar-refractivity contribution in [3.05, 3.63) is 107 Å². The van der Waals surface area contributed by atoms with E-state index in [9.17, 15) is 9.59 Å². The van der Waals surface area contributed by atoms with Crippen molar-refractivity contribution in [2.24, 2.45) is 4.99 Å². The quantitative estimate of drug-likeness (QED) is 0.352. The molecular weight excluding hydrogens is 378 g/mol. The van der Waals surface area contributed by atoms with Crippen LogP contribution in [-0.2, 0) is 27.2 Å². The first kappa shape index (κ1) is 19.3. The van der Waals surface area contributed by atoms with E-state index in [4.69, 9.17) is 9.47 Å². The van der Waals surface area contributed by atoms with E-state index in [1.54, 1.807) is 30.3 Å². The van der Waals surface area contributed by atoms with Gasteiger partial charge in [-0.25, -0.2) is 9.79 Å². The highest BCUT2D eigenvalue weighted by Crippen LogP contribution is 2.24. The number of para-hydroxylation sites is 1. The minimum absolute atomic E-state index is 0.160. The van der Waals surface area contributed by atoms with E-state index < -0.39 is 5.97 Å². The lowest BCUT2D eigenvalue weighted by atomic mass is 10.1. The number of benzene rings is 3. The maximum absolute atomic E-state index is 12.3. The molecule has 1 aliphatic rings. The number of nitrogens with zero attached hydrogens (tertiary/aromatic N) is 1. The summed E-state index contributed by atoms with van der Waals surface area (Å²) in [5, 5.41) is 0. The molecule has 0 saturated carbocycles. The fourth-order valence-corrected chi connectivity index (χ4v) is 3.06. The summed E-state index contributed by atoms with van der Waals surface area (Å²) < 4.78 is 10.8. The number of hydrogen-bond acceptors (Lipinski definition) is 5. The second-order valence-corrected chi connectivity index (χ2v) is 6.76. The van der Waals surface area contributed by atoms with Crippen LogP contribution in [0.15, 0.2) is 95.6 Å². The van der Waals surface area contributed by atoms with Crippen LogP contribution >= 0.6 is 0 Å². The van der Waals surface area contributed by atoms with Crippen LogP contribution in [0.5, 0.6) is 5.75 Å². The summed E-state index contributed by atoms with van der Waals surface area (Å²) >= 11 is 0. The molecular formula is C25H19NO4. The van der Waals surface area contributed by atoms with Crippen LogP contribution < -0.4 is 4.74 Å². The highest BCUT2D eigenvalue weighted by molar-refractivity contribution is 6.07. The Kier molecular flexibility index (Phi) is 5.80. The Labute approximate surface area is 174 Å². The van der Waals surface area contributed by atoms with Gasteiger partial charge in [0, 0.05) is 12.0 Å². The van der Waals surface area contributed by atoms with Gasteiger partial charge in [0.05, 0.1) is 6.42 Å². The average molecular weight is 397 g/mol. The van der Waals surface area contributed by atoms with Gasteiger partial charge < -0.3 is 9.47 Å². The number of carbonyl (C=O) groups excluding carboxylic acids is 2. The number of cyclic esters (lactones) is 1. The summed E-state index contributed by atoms with van der Waals surface area (Å²) in [5.74, 6) is -0.192. The molecule has 0 radical (unpaired) electrons. The Morgan fingerprint density at radius 1 is 0.867 bits per heavy atom. The van der Waals surface area contributed by atoms with E-state index >= 15 is 0 Å². The normalized spacial score (nSPS) is 14.3. The minimum Gasteiger partial charge on any atom is -0.426 e. The molecule has 148 valence electrons. The Morgan fingerprint density at radius 2 is 1.50 bits per heavy atom. The van der Waals surface area contributed by atoms with Gasteiger partial charge in [0.15, 0.2) is 5.70 Å². The predicted molar refractivity (Wildman–Crippen MR) is 114 cm³/mol. The number of hydrogen-bond donors (Lipinski definition) is 0. The van der Waals surface area contributed by atoms with Gasteiger partial charge in [-0.15, -0.1) is 0 Å². The molecule has 30 heavy (non-hydrogen) atoms. The zero-order valence-electron chi connectivity index (χ0n) is 16.2. The van der Waals surface area contributed by atoms with Gasteiger partial charge in [-0.2, -0.15) is 0 Å². The molecule has 4 rings (SSSR count). The molecule has 1 heterocycles. The van der Waals surface area contributed by atoms with Crippen molar-refractivity contribution in [3.63, 3.8) is 0 Å². The van der Waals surface area contributed by atoms with E-state index in [0.29, 0.717) is 23.6 Å². The molecule has 0 saturated heterocycles. The molecule has 0 spiro atoms. The third-order valence-corrected chi connectivity index (χ3v) is 4.49. The zero-order valence-corrected chi connectivity index (χ0v) is 16.2. The molecule has 0 bridgehead atoms. The number of carbonyl (C=O) groups is 2. The van der Waals surface area contributed by atoms with Gasteiger partial charge in [0.1, 0.15) is 5.75 Å². The predicted octanol–water partition coefficient (Wildman–Crippen LogP) is 4.37. The Bertz CT molecular complexity index is 1120. The van der Waals surface area contributed by atoms with Gasteiger partial charge >= 0.3 is 11.9 Å². The summed E-state index contributed by atoms with van der Waals surface area (Å²) in [6.07, 6.45) is 2.16. The zero-order chi connectivity index (χ0) is 20.8. The van der Waals surface area contributed by atoms with E-state index in [-0.39, 0.29) is 18.1 Å². The van der Waals surface area contributed by atoms with E-state index in [1.165, 1.54) is 0 Å². The van der Waals surface area contributed by atoms with E-state index in [0.717, 1.165) is 11.1 Å². The number of aliphatic imine (C=N–C) groups is 1. The van der Waals surface area contributed by atoms with E-state index in [2.05, 4.69) is 4.99 Å². The second-order valence-electron chi connectivity index (χ2n) is 6.76. The van der Waals surface area contributed by atoms with Gasteiger partial charge in [-0.1, -0.05) is 78.9 Å². The first-order chi connectivity index (χ1) is 14.7. The van der Waals surface area contributed by atoms with Crippen molar-refractivity contribution in [1.82, 2.24) is 0 Å². The Morgan fingerprint density at radius 3 is 2.23 bits per heavy atom. The van der Waals surface area contributed by atoms with Gasteiger partial charge in [-0.3, -0.25) is 4.79 Å². The van der Waals surface area contributed by atoms with Crippen molar-refractivity contribution in [2.45, 2.75) is 12.8 Å². The van der Waals surface area contributed by atoms with Crippen molar-refractivity contribution < 1.29 is 19.1 Å². The van der Waals surface area contributed by atoms with Crippen LogP contribution in [0.3, 0.4) is 0 Å². The van der Waals surface area contributed by atoms with Crippen LogP contribution in [0.1, 0.15) is 16.7 Å². The number of rotatable bonds is 6. The highest BCUT2D eigenvalue weighted by atomic mass is 16.6. The maximum atomic E-state index is 12.3. The molecule has 5 nitrogen and oxygen atoms in total. The molecule has 0 unspecified atom stereocenters. The van der Waals surface area contributed by atoms with Crippen LogP contribution in [0, 0.1) is 0 Å². The topological polar surface area (TPSA) is 65.0 Å². The van der Waals surface area contributed by atoms with Crippen LogP contribution in [0.4, 0.5) is 0 Å². The largest absolute Gasteiger partial charge is 0.426 e. The molecule has 0 amide bonds. The van der Waals surface area contributed by atoms with Crippen molar-refractivity contribution in [2.75, 3.05) is 0 Å². The molecule has 0 aromatic heterocycles. The monoisotopic (exact) mass is 397 g/mol. The highest BCUT2D eigenvalue weighted by Gasteiger charge is 2.23. The summed E-state index contributed by atoms with van der Waals surface area (Å²) in [6.45, 7) is 0. The SMILES string of the molecule is O=C(Cc1ccccc1)Oc1ccccc1/C=C1/N=C(Cc2ccccc2)OC1=O. The van der Waals surface area contributed by atoms with Gasteiger partial charge in [0.25, 0.3) is 0 Å². The van der Waals surface area contributed by atoms with Gasteiger partial charge in [0.2, 0.25) is 5.90 Å². The first-order valence-electron chi connectivity index (χ1n) is 9.56. The summed E-state index contributed by atoms with van der Waals surface area (Å²) in [6, 6.07) is 26.0. The molecule has 5 heteroatoms. The summed E-state index contributed by atoms with van der Waals surface area (Å²) in [5.41, 5.74) is 2.62. The van der Waals surface area contributed by atoms with Crippen molar-refractivity contribution in [1.29, 1.82) is 0 Å². The molecule has 3 aromatic rings.